The zero-order valence-electron chi connectivity index (χ0n) is 11.3. The molecule has 2 rings (SSSR count). The summed E-state index contributed by atoms with van der Waals surface area (Å²) in [4.78, 5) is 9.28. The molecule has 1 N–H and O–H groups in total. The lowest BCUT2D eigenvalue weighted by Crippen LogP contribution is -2.38. The van der Waals surface area contributed by atoms with Crippen LogP contribution in [0, 0.1) is 21.8 Å². The van der Waals surface area contributed by atoms with Gasteiger partial charge in [-0.3, -0.25) is 10.1 Å². The number of halogens is 1. The highest BCUT2D eigenvalue weighted by Crippen LogP contribution is 2.22. The van der Waals surface area contributed by atoms with Gasteiger partial charge in [0.2, 0.25) is 15.8 Å². The number of rotatable bonds is 5. The summed E-state index contributed by atoms with van der Waals surface area (Å²) >= 11 is 0. The number of hydrogen-bond donors (Lipinski definition) is 1. The van der Waals surface area contributed by atoms with E-state index in [1.807, 2.05) is 0 Å². The Hall–Kier alpha value is -1.58. The molecule has 2 atom stereocenters. The van der Waals surface area contributed by atoms with Gasteiger partial charge in [0.1, 0.15) is 0 Å². The molecule has 2 unspecified atom stereocenters. The van der Waals surface area contributed by atoms with Crippen LogP contribution in [-0.4, -0.2) is 32.6 Å². The van der Waals surface area contributed by atoms with Crippen LogP contribution in [0.15, 0.2) is 23.1 Å². The van der Waals surface area contributed by atoms with Crippen molar-refractivity contribution in [2.75, 3.05) is 13.2 Å². The van der Waals surface area contributed by atoms with E-state index >= 15 is 0 Å². The van der Waals surface area contributed by atoms with E-state index in [1.54, 1.807) is 6.92 Å². The topological polar surface area (TPSA) is 98.5 Å². The quantitative estimate of drug-likeness (QED) is 0.654. The van der Waals surface area contributed by atoms with Gasteiger partial charge >= 0.3 is 5.69 Å². The maximum absolute atomic E-state index is 13.5. The third kappa shape index (κ3) is 3.55. The monoisotopic (exact) mass is 318 g/mol. The molecule has 1 aromatic rings. The molecule has 1 heterocycles. The number of ether oxygens (including phenoxy) is 1. The first-order valence-electron chi connectivity index (χ1n) is 6.35. The zero-order valence-corrected chi connectivity index (χ0v) is 12.1. The minimum absolute atomic E-state index is 0.0580. The average molecular weight is 318 g/mol. The molecule has 7 nitrogen and oxygen atoms in total. The summed E-state index contributed by atoms with van der Waals surface area (Å²) in [7, 11) is -3.93. The van der Waals surface area contributed by atoms with Crippen LogP contribution >= 0.6 is 0 Å². The Morgan fingerprint density at radius 2 is 2.24 bits per heavy atom. The molecule has 21 heavy (non-hydrogen) atoms. The smallest absolute Gasteiger partial charge is 0.304 e. The molecular formula is C12H15FN2O5S. The molecule has 0 amide bonds. The molecule has 0 saturated carbocycles. The zero-order chi connectivity index (χ0) is 15.6. The summed E-state index contributed by atoms with van der Waals surface area (Å²) in [6, 6.07) is 2.14. The summed E-state index contributed by atoms with van der Waals surface area (Å²) in [6.45, 7) is 2.76. The van der Waals surface area contributed by atoms with Crippen LogP contribution in [0.3, 0.4) is 0 Å². The molecule has 1 aliphatic rings. The van der Waals surface area contributed by atoms with Crippen molar-refractivity contribution in [2.45, 2.75) is 24.3 Å². The fourth-order valence-corrected chi connectivity index (χ4v) is 3.48. The predicted octanol–water partition coefficient (Wildman–Crippen LogP) is 1.44. The Kier molecular flexibility index (Phi) is 4.55. The minimum Gasteiger partial charge on any atom is -0.381 e. The third-order valence-corrected chi connectivity index (χ3v) is 5.00. The fourth-order valence-electron chi connectivity index (χ4n) is 2.16. The Bertz CT molecular complexity index is 643. The Balaban J connectivity index is 2.19. The van der Waals surface area contributed by atoms with Crippen LogP contribution in [0.5, 0.6) is 0 Å². The summed E-state index contributed by atoms with van der Waals surface area (Å²) in [6.07, 6.45) is 0.748. The van der Waals surface area contributed by atoms with Crippen LogP contribution in [0.2, 0.25) is 0 Å². The van der Waals surface area contributed by atoms with Crippen molar-refractivity contribution in [1.29, 1.82) is 0 Å². The van der Waals surface area contributed by atoms with Gasteiger partial charge in [-0.2, -0.15) is 4.39 Å². The van der Waals surface area contributed by atoms with E-state index in [1.165, 1.54) is 0 Å². The highest BCUT2D eigenvalue weighted by Gasteiger charge is 2.28. The lowest BCUT2D eigenvalue weighted by atomic mass is 10.0. The van der Waals surface area contributed by atoms with Gasteiger partial charge in [0, 0.05) is 30.7 Å². The molecule has 0 spiro atoms. The van der Waals surface area contributed by atoms with E-state index in [-0.39, 0.29) is 16.9 Å². The molecular weight excluding hydrogens is 303 g/mol. The van der Waals surface area contributed by atoms with Crippen LogP contribution in [0.25, 0.3) is 0 Å². The molecule has 1 saturated heterocycles. The van der Waals surface area contributed by atoms with Crippen molar-refractivity contribution in [3.63, 3.8) is 0 Å². The van der Waals surface area contributed by atoms with Crippen LogP contribution in [-0.2, 0) is 14.8 Å². The van der Waals surface area contributed by atoms with E-state index in [9.17, 15) is 22.9 Å². The Morgan fingerprint density at radius 1 is 1.52 bits per heavy atom. The first kappa shape index (κ1) is 15.8. The van der Waals surface area contributed by atoms with Crippen molar-refractivity contribution in [3.8, 4) is 0 Å². The summed E-state index contributed by atoms with van der Waals surface area (Å²) < 4.78 is 45.4. The molecule has 0 radical (unpaired) electrons. The first-order chi connectivity index (χ1) is 9.81. The number of nitro groups is 1. The number of nitrogens with one attached hydrogen (secondary N) is 1. The lowest BCUT2D eigenvalue weighted by molar-refractivity contribution is -0.387. The van der Waals surface area contributed by atoms with Crippen molar-refractivity contribution >= 4 is 15.7 Å². The summed E-state index contributed by atoms with van der Waals surface area (Å²) in [5.74, 6) is -1.12. The number of benzene rings is 1. The SMILES string of the molecule is CC(NS(=O)(=O)c1ccc([N+](=O)[O-])c(F)c1)C1CCOC1. The molecule has 0 aliphatic carbocycles. The van der Waals surface area contributed by atoms with E-state index < -0.39 is 26.5 Å². The number of sulfonamides is 1. The first-order valence-corrected chi connectivity index (χ1v) is 7.83. The normalized spacial score (nSPS) is 20.4. The number of nitrogens with zero attached hydrogens (tertiary/aromatic N) is 1. The Morgan fingerprint density at radius 3 is 2.76 bits per heavy atom. The molecule has 116 valence electrons. The van der Waals surface area contributed by atoms with Crippen LogP contribution in [0.1, 0.15) is 13.3 Å². The van der Waals surface area contributed by atoms with E-state index in [0.29, 0.717) is 19.3 Å². The highest BCUT2D eigenvalue weighted by molar-refractivity contribution is 7.89. The van der Waals surface area contributed by atoms with Gasteiger partial charge in [-0.15, -0.1) is 0 Å². The van der Waals surface area contributed by atoms with Gasteiger partial charge < -0.3 is 4.74 Å². The standard InChI is InChI=1S/C12H15FN2O5S/c1-8(9-4-5-20-7-9)14-21(18,19)10-2-3-12(15(16)17)11(13)6-10/h2-3,6,8-9,14H,4-5,7H2,1H3. The van der Waals surface area contributed by atoms with Crippen LogP contribution in [0.4, 0.5) is 10.1 Å². The maximum Gasteiger partial charge on any atom is 0.304 e. The van der Waals surface area contributed by atoms with E-state index in [4.69, 9.17) is 4.74 Å². The second-order valence-electron chi connectivity index (χ2n) is 4.90. The molecule has 0 bridgehead atoms. The summed E-state index contributed by atoms with van der Waals surface area (Å²) in [5.41, 5.74) is -0.758. The highest BCUT2D eigenvalue weighted by atomic mass is 32.2. The number of hydrogen-bond acceptors (Lipinski definition) is 5. The van der Waals surface area contributed by atoms with Crippen molar-refractivity contribution in [1.82, 2.24) is 4.72 Å². The lowest BCUT2D eigenvalue weighted by Gasteiger charge is -2.19. The molecule has 9 heteroatoms. The second kappa shape index (κ2) is 6.04. The maximum atomic E-state index is 13.5. The second-order valence-corrected chi connectivity index (χ2v) is 6.62. The van der Waals surface area contributed by atoms with E-state index in [2.05, 4.69) is 4.72 Å². The van der Waals surface area contributed by atoms with Gasteiger partial charge in [0.25, 0.3) is 0 Å². The van der Waals surface area contributed by atoms with E-state index in [0.717, 1.165) is 18.6 Å². The van der Waals surface area contributed by atoms with Gasteiger partial charge in [0.15, 0.2) is 0 Å². The average Bonchev–Trinajstić information content (AvgIpc) is 2.91. The van der Waals surface area contributed by atoms with Gasteiger partial charge in [-0.05, 0) is 19.4 Å². The largest absolute Gasteiger partial charge is 0.381 e. The molecule has 0 aromatic heterocycles. The van der Waals surface area contributed by atoms with Gasteiger partial charge in [-0.25, -0.2) is 13.1 Å². The third-order valence-electron chi connectivity index (χ3n) is 3.44. The van der Waals surface area contributed by atoms with Crippen molar-refractivity contribution in [3.05, 3.63) is 34.1 Å². The molecule has 1 fully saturated rings. The molecule has 1 aliphatic heterocycles. The van der Waals surface area contributed by atoms with Crippen molar-refractivity contribution < 1.29 is 22.5 Å². The van der Waals surface area contributed by atoms with Gasteiger partial charge in [-0.1, -0.05) is 0 Å². The Labute approximate surface area is 121 Å². The summed E-state index contributed by atoms with van der Waals surface area (Å²) in [5, 5.41) is 10.5. The fraction of sp³-hybridized carbons (Fsp3) is 0.500. The number of nitro benzene ring substituents is 1. The minimum atomic E-state index is -3.93. The van der Waals surface area contributed by atoms with Crippen LogP contribution < -0.4 is 4.72 Å². The predicted molar refractivity (Wildman–Crippen MR) is 71.8 cm³/mol. The molecule has 1 aromatic carbocycles. The van der Waals surface area contributed by atoms with Crippen molar-refractivity contribution in [2.24, 2.45) is 5.92 Å². The van der Waals surface area contributed by atoms with Gasteiger partial charge in [0.05, 0.1) is 16.4 Å².